The molecule has 1 saturated heterocycles. The van der Waals surface area contributed by atoms with Crippen LogP contribution in [0.15, 0.2) is 53.1 Å². The van der Waals surface area contributed by atoms with Crippen molar-refractivity contribution in [1.82, 2.24) is 4.90 Å². The number of Topliss-reactive ketones (excluding diaryl/α,β-unsaturated/α-hetero) is 1. The largest absolute Gasteiger partial charge is 0.459 e. The summed E-state index contributed by atoms with van der Waals surface area (Å²) in [5.41, 5.74) is 0.650. The topological polar surface area (TPSA) is 50.5 Å². The standard InChI is InChI=1S/C16H15NO3/c18-15(12-6-2-1-3-7-12)13-8-4-10-17(13)16(19)14-9-5-11-20-14/h1-3,5-7,9,11,13H,4,8,10H2. The molecule has 20 heavy (non-hydrogen) atoms. The van der Waals surface area contributed by atoms with Gasteiger partial charge in [-0.3, -0.25) is 9.59 Å². The van der Waals surface area contributed by atoms with E-state index in [1.165, 1.54) is 6.26 Å². The Labute approximate surface area is 117 Å². The number of rotatable bonds is 3. The SMILES string of the molecule is O=C(c1ccccc1)C1CCCN1C(=O)c1ccco1. The molecule has 0 N–H and O–H groups in total. The molecule has 0 aliphatic carbocycles. The van der Waals surface area contributed by atoms with Gasteiger partial charge in [0, 0.05) is 12.1 Å². The first-order chi connectivity index (χ1) is 9.77. The smallest absolute Gasteiger partial charge is 0.290 e. The van der Waals surface area contributed by atoms with Gasteiger partial charge >= 0.3 is 0 Å². The number of nitrogens with zero attached hydrogens (tertiary/aromatic N) is 1. The number of furan rings is 1. The van der Waals surface area contributed by atoms with Gasteiger partial charge < -0.3 is 9.32 Å². The van der Waals surface area contributed by atoms with Crippen LogP contribution >= 0.6 is 0 Å². The molecule has 0 radical (unpaired) electrons. The van der Waals surface area contributed by atoms with Crippen molar-refractivity contribution in [2.24, 2.45) is 0 Å². The highest BCUT2D eigenvalue weighted by Gasteiger charge is 2.35. The van der Waals surface area contributed by atoms with E-state index in [0.717, 1.165) is 6.42 Å². The summed E-state index contributed by atoms with van der Waals surface area (Å²) in [7, 11) is 0. The molecule has 2 heterocycles. The van der Waals surface area contributed by atoms with Crippen molar-refractivity contribution in [2.45, 2.75) is 18.9 Å². The lowest BCUT2D eigenvalue weighted by molar-refractivity contribution is 0.0647. The first kappa shape index (κ1) is 12.7. The van der Waals surface area contributed by atoms with Crippen LogP contribution in [0.25, 0.3) is 0 Å². The summed E-state index contributed by atoms with van der Waals surface area (Å²) in [5.74, 6) is 0.0857. The van der Waals surface area contributed by atoms with Crippen molar-refractivity contribution in [3.63, 3.8) is 0 Å². The minimum Gasteiger partial charge on any atom is -0.459 e. The molecule has 1 amide bonds. The summed E-state index contributed by atoms with van der Waals surface area (Å²) in [6.45, 7) is 0.600. The maximum atomic E-state index is 12.5. The number of hydrogen-bond acceptors (Lipinski definition) is 3. The molecule has 4 heteroatoms. The van der Waals surface area contributed by atoms with Crippen LogP contribution in [0.5, 0.6) is 0 Å². The van der Waals surface area contributed by atoms with Crippen LogP contribution < -0.4 is 0 Å². The number of carbonyl (C=O) groups is 2. The van der Waals surface area contributed by atoms with Gasteiger partial charge in [-0.15, -0.1) is 0 Å². The Morgan fingerprint density at radius 3 is 2.60 bits per heavy atom. The van der Waals surface area contributed by atoms with Gasteiger partial charge in [0.05, 0.1) is 12.3 Å². The van der Waals surface area contributed by atoms with Crippen LogP contribution in [0.2, 0.25) is 0 Å². The Bertz CT molecular complexity index is 604. The van der Waals surface area contributed by atoms with Crippen molar-refractivity contribution >= 4 is 11.7 Å². The van der Waals surface area contributed by atoms with Gasteiger partial charge in [0.15, 0.2) is 11.5 Å². The van der Waals surface area contributed by atoms with E-state index in [4.69, 9.17) is 4.42 Å². The summed E-state index contributed by atoms with van der Waals surface area (Å²) < 4.78 is 5.14. The Morgan fingerprint density at radius 2 is 1.90 bits per heavy atom. The van der Waals surface area contributed by atoms with Crippen LogP contribution in [0, 0.1) is 0 Å². The van der Waals surface area contributed by atoms with Crippen molar-refractivity contribution in [3.05, 3.63) is 60.1 Å². The first-order valence-corrected chi connectivity index (χ1v) is 6.71. The van der Waals surface area contributed by atoms with Crippen molar-refractivity contribution in [3.8, 4) is 0 Å². The van der Waals surface area contributed by atoms with E-state index >= 15 is 0 Å². The summed E-state index contributed by atoms with van der Waals surface area (Å²) in [4.78, 5) is 26.5. The number of hydrogen-bond donors (Lipinski definition) is 0. The van der Waals surface area contributed by atoms with Gasteiger partial charge in [0.25, 0.3) is 5.91 Å². The summed E-state index contributed by atoms with van der Waals surface area (Å²) >= 11 is 0. The monoisotopic (exact) mass is 269 g/mol. The Balaban J connectivity index is 1.83. The predicted molar refractivity (Wildman–Crippen MR) is 73.5 cm³/mol. The molecule has 1 aromatic heterocycles. The normalized spacial score (nSPS) is 18.2. The van der Waals surface area contributed by atoms with E-state index in [0.29, 0.717) is 18.5 Å². The first-order valence-electron chi connectivity index (χ1n) is 6.71. The molecule has 1 aromatic carbocycles. The zero-order chi connectivity index (χ0) is 13.9. The van der Waals surface area contributed by atoms with E-state index in [1.807, 2.05) is 18.2 Å². The third-order valence-electron chi connectivity index (χ3n) is 3.61. The molecule has 1 aliphatic rings. The second kappa shape index (κ2) is 5.33. The number of ketones is 1. The number of benzene rings is 1. The number of likely N-dealkylation sites (tertiary alicyclic amines) is 1. The van der Waals surface area contributed by atoms with Crippen LogP contribution in [-0.2, 0) is 0 Å². The van der Waals surface area contributed by atoms with Gasteiger partial charge in [-0.05, 0) is 25.0 Å². The molecule has 102 valence electrons. The third kappa shape index (κ3) is 2.25. The quantitative estimate of drug-likeness (QED) is 0.805. The number of amides is 1. The fourth-order valence-electron chi connectivity index (χ4n) is 2.62. The average Bonchev–Trinajstić information content (AvgIpc) is 3.18. The molecular weight excluding hydrogens is 254 g/mol. The molecule has 4 nitrogen and oxygen atoms in total. The molecule has 0 spiro atoms. The molecule has 0 saturated carbocycles. The molecule has 1 atom stereocenters. The fraction of sp³-hybridized carbons (Fsp3) is 0.250. The summed E-state index contributed by atoms with van der Waals surface area (Å²) in [6.07, 6.45) is 3.02. The maximum Gasteiger partial charge on any atom is 0.290 e. The summed E-state index contributed by atoms with van der Waals surface area (Å²) in [6, 6.07) is 12.0. The third-order valence-corrected chi connectivity index (χ3v) is 3.61. The predicted octanol–water partition coefficient (Wildman–Crippen LogP) is 2.77. The molecule has 1 unspecified atom stereocenters. The lowest BCUT2D eigenvalue weighted by atomic mass is 10.0. The highest BCUT2D eigenvalue weighted by Crippen LogP contribution is 2.23. The maximum absolute atomic E-state index is 12.5. The minimum atomic E-state index is -0.380. The van der Waals surface area contributed by atoms with Gasteiger partial charge in [-0.25, -0.2) is 0 Å². The van der Waals surface area contributed by atoms with Gasteiger partial charge in [0.1, 0.15) is 0 Å². The van der Waals surface area contributed by atoms with Crippen molar-refractivity contribution < 1.29 is 14.0 Å². The van der Waals surface area contributed by atoms with E-state index in [9.17, 15) is 9.59 Å². The second-order valence-electron chi connectivity index (χ2n) is 4.86. The Hall–Kier alpha value is -2.36. The van der Waals surface area contributed by atoms with Gasteiger partial charge in [-0.1, -0.05) is 30.3 Å². The highest BCUT2D eigenvalue weighted by molar-refractivity contribution is 6.04. The molecular formula is C16H15NO3. The van der Waals surface area contributed by atoms with Crippen LogP contribution in [-0.4, -0.2) is 29.2 Å². The van der Waals surface area contributed by atoms with Crippen LogP contribution in [0.4, 0.5) is 0 Å². The molecule has 2 aromatic rings. The van der Waals surface area contributed by atoms with E-state index in [1.54, 1.807) is 29.2 Å². The lowest BCUT2D eigenvalue weighted by Gasteiger charge is -2.22. The average molecular weight is 269 g/mol. The van der Waals surface area contributed by atoms with Crippen LogP contribution in [0.3, 0.4) is 0 Å². The minimum absolute atomic E-state index is 0.00278. The Kier molecular flexibility index (Phi) is 3.37. The highest BCUT2D eigenvalue weighted by atomic mass is 16.3. The van der Waals surface area contributed by atoms with Crippen LogP contribution in [0.1, 0.15) is 33.8 Å². The molecule has 3 rings (SSSR count). The molecule has 1 aliphatic heterocycles. The van der Waals surface area contributed by atoms with Gasteiger partial charge in [-0.2, -0.15) is 0 Å². The Morgan fingerprint density at radius 1 is 1.10 bits per heavy atom. The molecule has 1 fully saturated rings. The molecule has 0 bridgehead atoms. The zero-order valence-electron chi connectivity index (χ0n) is 11.0. The van der Waals surface area contributed by atoms with E-state index in [-0.39, 0.29) is 23.5 Å². The summed E-state index contributed by atoms with van der Waals surface area (Å²) in [5, 5.41) is 0. The van der Waals surface area contributed by atoms with Gasteiger partial charge in [0.2, 0.25) is 0 Å². The van der Waals surface area contributed by atoms with Crippen molar-refractivity contribution in [2.75, 3.05) is 6.54 Å². The van der Waals surface area contributed by atoms with Crippen molar-refractivity contribution in [1.29, 1.82) is 0 Å². The van der Waals surface area contributed by atoms with E-state index in [2.05, 4.69) is 0 Å². The lowest BCUT2D eigenvalue weighted by Crippen LogP contribution is -2.40. The number of carbonyl (C=O) groups excluding carboxylic acids is 2. The van der Waals surface area contributed by atoms with E-state index < -0.39 is 0 Å². The second-order valence-corrected chi connectivity index (χ2v) is 4.86. The zero-order valence-corrected chi connectivity index (χ0v) is 11.0. The fourth-order valence-corrected chi connectivity index (χ4v) is 2.62.